The monoisotopic (exact) mass is 248 g/mol. The fourth-order valence-electron chi connectivity index (χ4n) is 1.97. The van der Waals surface area contributed by atoms with Crippen molar-refractivity contribution >= 4 is 11.0 Å². The molecule has 2 heterocycles. The van der Waals surface area contributed by atoms with Crippen LogP contribution in [0.2, 0.25) is 0 Å². The van der Waals surface area contributed by atoms with E-state index in [1.165, 1.54) is 6.07 Å². The van der Waals surface area contributed by atoms with E-state index in [1.807, 2.05) is 13.0 Å². The van der Waals surface area contributed by atoms with Crippen molar-refractivity contribution in [1.29, 1.82) is 0 Å². The van der Waals surface area contributed by atoms with E-state index in [1.54, 1.807) is 11.7 Å². The number of nitrogens with one attached hydrogen (secondary N) is 1. The molecule has 0 aliphatic heterocycles. The number of hydrogen-bond donors (Lipinski definition) is 1. The lowest BCUT2D eigenvalue weighted by Gasteiger charge is -1.95. The molecule has 0 saturated carbocycles. The Morgan fingerprint density at radius 2 is 2.06 bits per heavy atom. The molecule has 0 amide bonds. The predicted molar refractivity (Wildman–Crippen MR) is 62.9 cm³/mol. The van der Waals surface area contributed by atoms with Crippen LogP contribution in [0.4, 0.5) is 8.78 Å². The number of nitrogens with zero attached hydrogens (tertiary/aromatic N) is 3. The van der Waals surface area contributed by atoms with Gasteiger partial charge in [-0.25, -0.2) is 13.8 Å². The summed E-state index contributed by atoms with van der Waals surface area (Å²) in [6.07, 6.45) is 0. The number of halogens is 2. The molecular weight excluding hydrogens is 238 g/mol. The molecule has 0 bridgehead atoms. The van der Waals surface area contributed by atoms with Crippen molar-refractivity contribution in [2.24, 2.45) is 7.05 Å². The van der Waals surface area contributed by atoms with E-state index in [0.717, 1.165) is 17.5 Å². The molecule has 3 rings (SSSR count). The van der Waals surface area contributed by atoms with Gasteiger partial charge in [0.2, 0.25) is 0 Å². The van der Waals surface area contributed by atoms with E-state index in [-0.39, 0.29) is 5.52 Å². The van der Waals surface area contributed by atoms with Crippen LogP contribution >= 0.6 is 0 Å². The minimum absolute atomic E-state index is 0.00357. The van der Waals surface area contributed by atoms with Crippen LogP contribution in [0.25, 0.3) is 22.6 Å². The zero-order valence-electron chi connectivity index (χ0n) is 9.83. The lowest BCUT2D eigenvalue weighted by Crippen LogP contribution is -1.94. The molecule has 0 aliphatic carbocycles. The summed E-state index contributed by atoms with van der Waals surface area (Å²) < 4.78 is 28.3. The molecule has 0 fully saturated rings. The Morgan fingerprint density at radius 1 is 1.28 bits per heavy atom. The van der Waals surface area contributed by atoms with E-state index in [2.05, 4.69) is 15.1 Å². The van der Waals surface area contributed by atoms with E-state index in [0.29, 0.717) is 11.3 Å². The van der Waals surface area contributed by atoms with Gasteiger partial charge in [-0.05, 0) is 25.1 Å². The Hall–Kier alpha value is -2.24. The fraction of sp³-hybridized carbons (Fsp3) is 0.167. The van der Waals surface area contributed by atoms with Gasteiger partial charge >= 0.3 is 0 Å². The summed E-state index contributed by atoms with van der Waals surface area (Å²) in [5, 5.41) is 4.19. The van der Waals surface area contributed by atoms with Gasteiger partial charge in [0.1, 0.15) is 11.2 Å². The van der Waals surface area contributed by atoms with Gasteiger partial charge in [0.15, 0.2) is 17.5 Å². The first-order valence-electron chi connectivity index (χ1n) is 5.41. The van der Waals surface area contributed by atoms with E-state index in [4.69, 9.17) is 0 Å². The average Bonchev–Trinajstić information content (AvgIpc) is 2.87. The molecule has 6 heteroatoms. The molecule has 0 aliphatic rings. The van der Waals surface area contributed by atoms with Crippen LogP contribution in [-0.2, 0) is 7.05 Å². The van der Waals surface area contributed by atoms with Gasteiger partial charge in [0.05, 0.1) is 11.2 Å². The Labute approximate surface area is 101 Å². The van der Waals surface area contributed by atoms with Crippen LogP contribution in [0, 0.1) is 18.6 Å². The summed E-state index contributed by atoms with van der Waals surface area (Å²) >= 11 is 0. The summed E-state index contributed by atoms with van der Waals surface area (Å²) in [5.41, 5.74) is 2.02. The first kappa shape index (κ1) is 10.9. The minimum atomic E-state index is -0.936. The van der Waals surface area contributed by atoms with E-state index in [9.17, 15) is 8.78 Å². The molecule has 3 aromatic rings. The van der Waals surface area contributed by atoms with Gasteiger partial charge in [-0.2, -0.15) is 5.10 Å². The SMILES string of the molecule is Cc1cc(-c2nc3c(F)c(F)ccc3[nH]2)n(C)n1. The number of H-pyrrole nitrogens is 1. The molecule has 1 N–H and O–H groups in total. The third-order valence-electron chi connectivity index (χ3n) is 2.79. The highest BCUT2D eigenvalue weighted by atomic mass is 19.2. The van der Waals surface area contributed by atoms with Crippen molar-refractivity contribution in [3.63, 3.8) is 0 Å². The number of hydrogen-bond acceptors (Lipinski definition) is 2. The van der Waals surface area contributed by atoms with Crippen molar-refractivity contribution in [2.45, 2.75) is 6.92 Å². The number of aryl methyl sites for hydroxylation is 2. The number of rotatable bonds is 1. The summed E-state index contributed by atoms with van der Waals surface area (Å²) in [7, 11) is 1.77. The summed E-state index contributed by atoms with van der Waals surface area (Å²) in [6.45, 7) is 1.85. The second kappa shape index (κ2) is 3.63. The number of benzene rings is 1. The highest BCUT2D eigenvalue weighted by Crippen LogP contribution is 2.23. The topological polar surface area (TPSA) is 46.5 Å². The molecule has 0 radical (unpaired) electrons. The zero-order chi connectivity index (χ0) is 12.9. The lowest BCUT2D eigenvalue weighted by atomic mass is 10.3. The van der Waals surface area contributed by atoms with Crippen LogP contribution in [0.3, 0.4) is 0 Å². The quantitative estimate of drug-likeness (QED) is 0.719. The van der Waals surface area contributed by atoms with Crippen molar-refractivity contribution < 1.29 is 8.78 Å². The molecule has 0 spiro atoms. The molecule has 0 saturated heterocycles. The maximum absolute atomic E-state index is 13.6. The van der Waals surface area contributed by atoms with Gasteiger partial charge in [0.25, 0.3) is 0 Å². The third kappa shape index (κ3) is 1.49. The highest BCUT2D eigenvalue weighted by Gasteiger charge is 2.14. The third-order valence-corrected chi connectivity index (χ3v) is 2.79. The molecule has 18 heavy (non-hydrogen) atoms. The Kier molecular flexibility index (Phi) is 2.19. The number of aromatic nitrogens is 4. The Morgan fingerprint density at radius 3 is 2.72 bits per heavy atom. The molecule has 4 nitrogen and oxygen atoms in total. The van der Waals surface area contributed by atoms with Crippen LogP contribution in [-0.4, -0.2) is 19.7 Å². The van der Waals surface area contributed by atoms with Crippen molar-refractivity contribution in [3.05, 3.63) is 35.5 Å². The number of aromatic amines is 1. The van der Waals surface area contributed by atoms with Crippen LogP contribution in [0.1, 0.15) is 5.69 Å². The average molecular weight is 248 g/mol. The number of fused-ring (bicyclic) bond motifs is 1. The van der Waals surface area contributed by atoms with Crippen LogP contribution < -0.4 is 0 Å². The Bertz CT molecular complexity index is 742. The highest BCUT2D eigenvalue weighted by molar-refractivity contribution is 5.79. The van der Waals surface area contributed by atoms with Crippen LogP contribution in [0.15, 0.2) is 18.2 Å². The zero-order valence-corrected chi connectivity index (χ0v) is 9.83. The largest absolute Gasteiger partial charge is 0.337 e. The van der Waals surface area contributed by atoms with Gasteiger partial charge in [-0.15, -0.1) is 0 Å². The predicted octanol–water partition coefficient (Wildman–Crippen LogP) is 2.55. The van der Waals surface area contributed by atoms with Crippen molar-refractivity contribution in [3.8, 4) is 11.5 Å². The summed E-state index contributed by atoms with van der Waals surface area (Å²) in [5.74, 6) is -1.37. The maximum atomic E-state index is 13.6. The summed E-state index contributed by atoms with van der Waals surface area (Å²) in [4.78, 5) is 7.04. The Balaban J connectivity index is 2.26. The normalized spacial score (nSPS) is 11.3. The first-order valence-corrected chi connectivity index (χ1v) is 5.41. The molecule has 92 valence electrons. The van der Waals surface area contributed by atoms with Gasteiger partial charge in [0, 0.05) is 7.05 Å². The standard InChI is InChI=1S/C12H10F2N4/c1-6-5-9(18(2)17-6)12-15-8-4-3-7(13)10(14)11(8)16-12/h3-5H,1-2H3,(H,15,16). The molecule has 0 atom stereocenters. The molecule has 1 aromatic carbocycles. The first-order chi connectivity index (χ1) is 8.56. The second-order valence-corrected chi connectivity index (χ2v) is 4.14. The van der Waals surface area contributed by atoms with Gasteiger partial charge in [-0.3, -0.25) is 4.68 Å². The van der Waals surface area contributed by atoms with E-state index < -0.39 is 11.6 Å². The van der Waals surface area contributed by atoms with Crippen molar-refractivity contribution in [1.82, 2.24) is 19.7 Å². The van der Waals surface area contributed by atoms with Crippen molar-refractivity contribution in [2.75, 3.05) is 0 Å². The second-order valence-electron chi connectivity index (χ2n) is 4.14. The molecule has 2 aromatic heterocycles. The number of imidazole rings is 1. The fourth-order valence-corrected chi connectivity index (χ4v) is 1.97. The van der Waals surface area contributed by atoms with E-state index >= 15 is 0 Å². The van der Waals surface area contributed by atoms with Crippen LogP contribution in [0.5, 0.6) is 0 Å². The summed E-state index contributed by atoms with van der Waals surface area (Å²) in [6, 6.07) is 4.37. The van der Waals surface area contributed by atoms with Gasteiger partial charge < -0.3 is 4.98 Å². The molecule has 0 unspecified atom stereocenters. The smallest absolute Gasteiger partial charge is 0.186 e. The maximum Gasteiger partial charge on any atom is 0.186 e. The lowest BCUT2D eigenvalue weighted by molar-refractivity contribution is 0.515. The molecular formula is C12H10F2N4. The minimum Gasteiger partial charge on any atom is -0.337 e. The van der Waals surface area contributed by atoms with Gasteiger partial charge in [-0.1, -0.05) is 0 Å².